The summed E-state index contributed by atoms with van der Waals surface area (Å²) in [7, 11) is 0. The smallest absolute Gasteiger partial charge is 0.0991 e. The van der Waals surface area contributed by atoms with Crippen LogP contribution in [0.4, 0.5) is 0 Å². The summed E-state index contributed by atoms with van der Waals surface area (Å²) >= 11 is 0. The Kier molecular flexibility index (Phi) is 3.52. The van der Waals surface area contributed by atoms with Gasteiger partial charge in [-0.2, -0.15) is 5.26 Å². The molecular weight excluding hydrogens is 158 g/mol. The molecule has 0 unspecified atom stereocenters. The van der Waals surface area contributed by atoms with Gasteiger partial charge >= 0.3 is 0 Å². The van der Waals surface area contributed by atoms with Gasteiger partial charge in [-0.15, -0.1) is 0 Å². The van der Waals surface area contributed by atoms with E-state index in [4.69, 9.17) is 5.26 Å². The number of hydrogen-bond donors (Lipinski definition) is 0. The van der Waals surface area contributed by atoms with E-state index in [0.717, 1.165) is 17.9 Å². The molecule has 0 N–H and O–H groups in total. The van der Waals surface area contributed by atoms with Crippen molar-refractivity contribution in [2.45, 2.75) is 26.7 Å². The quantitative estimate of drug-likeness (QED) is 0.688. The first-order chi connectivity index (χ1) is 6.22. The van der Waals surface area contributed by atoms with Crippen molar-refractivity contribution in [2.75, 3.05) is 0 Å². The Labute approximate surface area is 80.0 Å². The maximum absolute atomic E-state index is 8.60. The highest BCUT2D eigenvalue weighted by Crippen LogP contribution is 2.09. The zero-order valence-electron chi connectivity index (χ0n) is 8.25. The summed E-state index contributed by atoms with van der Waals surface area (Å²) in [5.74, 6) is 0.746. The second kappa shape index (κ2) is 4.67. The van der Waals surface area contributed by atoms with E-state index in [1.807, 2.05) is 24.3 Å². The van der Waals surface area contributed by atoms with Crippen LogP contribution >= 0.6 is 0 Å². The molecule has 0 heterocycles. The molecule has 0 atom stereocenters. The first kappa shape index (κ1) is 9.80. The number of benzene rings is 1. The van der Waals surface area contributed by atoms with Crippen LogP contribution in [0.25, 0.3) is 0 Å². The molecule has 68 valence electrons. The fraction of sp³-hybridized carbons (Fsp3) is 0.417. The third-order valence-corrected chi connectivity index (χ3v) is 2.09. The van der Waals surface area contributed by atoms with Crippen molar-refractivity contribution in [1.29, 1.82) is 5.26 Å². The Hall–Kier alpha value is -1.29. The van der Waals surface area contributed by atoms with E-state index in [1.54, 1.807) is 0 Å². The molecule has 0 saturated heterocycles. The van der Waals surface area contributed by atoms with Crippen LogP contribution in [0.5, 0.6) is 0 Å². The van der Waals surface area contributed by atoms with E-state index in [1.165, 1.54) is 12.0 Å². The second-order valence-corrected chi connectivity index (χ2v) is 3.74. The summed E-state index contributed by atoms with van der Waals surface area (Å²) in [5.41, 5.74) is 2.07. The van der Waals surface area contributed by atoms with E-state index in [2.05, 4.69) is 19.9 Å². The summed E-state index contributed by atoms with van der Waals surface area (Å²) in [4.78, 5) is 0. The second-order valence-electron chi connectivity index (χ2n) is 3.74. The number of rotatable bonds is 3. The lowest BCUT2D eigenvalue weighted by Gasteiger charge is -2.03. The minimum absolute atomic E-state index is 0.744. The Bertz CT molecular complexity index is 290. The van der Waals surface area contributed by atoms with Crippen LogP contribution < -0.4 is 0 Å². The van der Waals surface area contributed by atoms with Crippen LogP contribution in [0.3, 0.4) is 0 Å². The van der Waals surface area contributed by atoms with Gasteiger partial charge in [-0.05, 0) is 36.5 Å². The predicted molar refractivity (Wildman–Crippen MR) is 54.3 cm³/mol. The van der Waals surface area contributed by atoms with Gasteiger partial charge in [0.15, 0.2) is 0 Å². The Morgan fingerprint density at radius 1 is 1.23 bits per heavy atom. The molecule has 0 aliphatic carbocycles. The number of hydrogen-bond acceptors (Lipinski definition) is 1. The van der Waals surface area contributed by atoms with Gasteiger partial charge in [-0.1, -0.05) is 26.0 Å². The van der Waals surface area contributed by atoms with Gasteiger partial charge in [0, 0.05) is 0 Å². The molecule has 0 saturated carbocycles. The van der Waals surface area contributed by atoms with Crippen molar-refractivity contribution in [3.63, 3.8) is 0 Å². The molecule has 0 aliphatic rings. The molecule has 1 aromatic rings. The topological polar surface area (TPSA) is 23.8 Å². The fourth-order valence-corrected chi connectivity index (χ4v) is 1.20. The van der Waals surface area contributed by atoms with Gasteiger partial charge in [0.25, 0.3) is 0 Å². The van der Waals surface area contributed by atoms with Crippen LogP contribution in [0.15, 0.2) is 24.3 Å². The fourth-order valence-electron chi connectivity index (χ4n) is 1.20. The van der Waals surface area contributed by atoms with Crippen molar-refractivity contribution < 1.29 is 0 Å². The molecule has 0 bridgehead atoms. The Balaban J connectivity index is 2.55. The minimum Gasteiger partial charge on any atom is -0.192 e. The molecule has 1 nitrogen and oxygen atoms in total. The lowest BCUT2D eigenvalue weighted by Crippen LogP contribution is -1.91. The lowest BCUT2D eigenvalue weighted by atomic mass is 10.0. The van der Waals surface area contributed by atoms with E-state index in [-0.39, 0.29) is 0 Å². The third-order valence-electron chi connectivity index (χ3n) is 2.09. The zero-order valence-corrected chi connectivity index (χ0v) is 8.25. The highest BCUT2D eigenvalue weighted by Gasteiger charge is 1.96. The van der Waals surface area contributed by atoms with Crippen LogP contribution in [0.2, 0.25) is 0 Å². The molecular formula is C12H15N. The van der Waals surface area contributed by atoms with E-state index >= 15 is 0 Å². The average molecular weight is 173 g/mol. The van der Waals surface area contributed by atoms with Gasteiger partial charge in [0.05, 0.1) is 11.6 Å². The maximum atomic E-state index is 8.60. The van der Waals surface area contributed by atoms with Crippen molar-refractivity contribution in [1.82, 2.24) is 0 Å². The molecule has 0 aromatic heterocycles. The van der Waals surface area contributed by atoms with Crippen LogP contribution in [-0.2, 0) is 6.42 Å². The highest BCUT2D eigenvalue weighted by molar-refractivity contribution is 5.31. The molecule has 13 heavy (non-hydrogen) atoms. The molecule has 1 aromatic carbocycles. The zero-order chi connectivity index (χ0) is 9.68. The first-order valence-corrected chi connectivity index (χ1v) is 4.71. The number of aryl methyl sites for hydroxylation is 1. The summed E-state index contributed by atoms with van der Waals surface area (Å²) < 4.78 is 0. The van der Waals surface area contributed by atoms with Crippen molar-refractivity contribution >= 4 is 0 Å². The standard InChI is InChI=1S/C12H15N/c1-10(2)3-4-11-5-7-12(9-13)8-6-11/h5-8,10H,3-4H2,1-2H3. The Morgan fingerprint density at radius 3 is 2.31 bits per heavy atom. The van der Waals surface area contributed by atoms with Crippen LogP contribution in [0.1, 0.15) is 31.4 Å². The first-order valence-electron chi connectivity index (χ1n) is 4.71. The molecule has 0 aliphatic heterocycles. The largest absolute Gasteiger partial charge is 0.192 e. The van der Waals surface area contributed by atoms with Crippen molar-refractivity contribution in [3.8, 4) is 6.07 Å². The normalized spacial score (nSPS) is 10.0. The molecule has 1 rings (SSSR count). The molecule has 0 spiro atoms. The van der Waals surface area contributed by atoms with Crippen LogP contribution in [-0.4, -0.2) is 0 Å². The lowest BCUT2D eigenvalue weighted by molar-refractivity contribution is 0.587. The van der Waals surface area contributed by atoms with Gasteiger partial charge in [-0.3, -0.25) is 0 Å². The summed E-state index contributed by atoms with van der Waals surface area (Å²) in [6.07, 6.45) is 2.33. The monoisotopic (exact) mass is 173 g/mol. The van der Waals surface area contributed by atoms with Gasteiger partial charge in [0.2, 0.25) is 0 Å². The highest BCUT2D eigenvalue weighted by atomic mass is 14.2. The predicted octanol–water partition coefficient (Wildman–Crippen LogP) is 3.15. The SMILES string of the molecule is CC(C)CCc1ccc(C#N)cc1. The van der Waals surface area contributed by atoms with Crippen LogP contribution in [0, 0.1) is 17.2 Å². The Morgan fingerprint density at radius 2 is 1.85 bits per heavy atom. The minimum atomic E-state index is 0.744. The number of nitriles is 1. The number of nitrogens with zero attached hydrogens (tertiary/aromatic N) is 1. The molecule has 0 radical (unpaired) electrons. The maximum Gasteiger partial charge on any atom is 0.0991 e. The van der Waals surface area contributed by atoms with E-state index < -0.39 is 0 Å². The summed E-state index contributed by atoms with van der Waals surface area (Å²) in [6.45, 7) is 4.45. The molecule has 0 amide bonds. The molecule has 1 heteroatoms. The van der Waals surface area contributed by atoms with Gasteiger partial charge < -0.3 is 0 Å². The summed E-state index contributed by atoms with van der Waals surface area (Å²) in [6, 6.07) is 9.97. The van der Waals surface area contributed by atoms with Gasteiger partial charge in [-0.25, -0.2) is 0 Å². The third kappa shape index (κ3) is 3.29. The van der Waals surface area contributed by atoms with E-state index in [0.29, 0.717) is 0 Å². The van der Waals surface area contributed by atoms with Crippen molar-refractivity contribution in [2.24, 2.45) is 5.92 Å². The van der Waals surface area contributed by atoms with Crippen molar-refractivity contribution in [3.05, 3.63) is 35.4 Å². The van der Waals surface area contributed by atoms with Gasteiger partial charge in [0.1, 0.15) is 0 Å². The molecule has 0 fully saturated rings. The van der Waals surface area contributed by atoms with E-state index in [9.17, 15) is 0 Å². The summed E-state index contributed by atoms with van der Waals surface area (Å²) in [5, 5.41) is 8.60. The average Bonchev–Trinajstić information content (AvgIpc) is 2.15.